The van der Waals surface area contributed by atoms with Crippen LogP contribution in [0.1, 0.15) is 5.56 Å². The van der Waals surface area contributed by atoms with Gasteiger partial charge in [-0.2, -0.15) is 4.21 Å². The molecule has 9 nitrogen and oxygen atoms in total. The highest BCUT2D eigenvalue weighted by Gasteiger charge is 2.17. The Hall–Kier alpha value is -2.85. The Morgan fingerprint density at radius 3 is 2.76 bits per heavy atom. The van der Waals surface area contributed by atoms with Crippen LogP contribution in [-0.4, -0.2) is 23.5 Å². The predicted octanol–water partition coefficient (Wildman–Crippen LogP) is 2.17. The van der Waals surface area contributed by atoms with Gasteiger partial charge >= 0.3 is 11.3 Å². The molecule has 0 aliphatic rings. The number of aryl methyl sites for hydroxylation is 1. The Morgan fingerprint density at radius 1 is 1.28 bits per heavy atom. The highest BCUT2D eigenvalue weighted by Crippen LogP contribution is 2.28. The third-order valence-electron chi connectivity index (χ3n) is 3.21. The standard InChI is InChI=1S/C14H9ClN4O5S/c1-8-2-5-12-10(6-8)14(20)18(17-16-12)25(23)24-9-3-4-11(15)13(7-9)19(21)22/h2-7H,1H3. The molecular formula is C14H9ClN4O5S. The van der Waals surface area contributed by atoms with Gasteiger partial charge in [-0.1, -0.05) is 27.3 Å². The lowest BCUT2D eigenvalue weighted by atomic mass is 10.2. The summed E-state index contributed by atoms with van der Waals surface area (Å²) in [5.41, 5.74) is 0.106. The highest BCUT2D eigenvalue weighted by atomic mass is 35.5. The summed E-state index contributed by atoms with van der Waals surface area (Å²) in [7, 11) is 0. The van der Waals surface area contributed by atoms with Gasteiger partial charge in [-0.25, -0.2) is 0 Å². The average Bonchev–Trinajstić information content (AvgIpc) is 2.57. The van der Waals surface area contributed by atoms with Gasteiger partial charge < -0.3 is 4.18 Å². The minimum absolute atomic E-state index is 0.0960. The first-order valence-corrected chi connectivity index (χ1v) is 8.18. The zero-order chi connectivity index (χ0) is 18.1. The normalized spacial score (nSPS) is 12.1. The van der Waals surface area contributed by atoms with Gasteiger partial charge in [0.2, 0.25) is 0 Å². The van der Waals surface area contributed by atoms with E-state index < -0.39 is 27.4 Å². The molecule has 0 spiro atoms. The van der Waals surface area contributed by atoms with E-state index in [-0.39, 0.29) is 16.2 Å². The molecule has 3 rings (SSSR count). The van der Waals surface area contributed by atoms with Crippen molar-refractivity contribution in [1.29, 1.82) is 0 Å². The first kappa shape index (κ1) is 17.0. The maximum absolute atomic E-state index is 12.4. The van der Waals surface area contributed by atoms with Crippen LogP contribution in [0.25, 0.3) is 10.9 Å². The minimum atomic E-state index is -2.37. The molecule has 0 amide bonds. The average molecular weight is 381 g/mol. The summed E-state index contributed by atoms with van der Waals surface area (Å²) < 4.78 is 17.9. The number of halogens is 1. The van der Waals surface area contributed by atoms with E-state index in [2.05, 4.69) is 10.3 Å². The van der Waals surface area contributed by atoms with Crippen LogP contribution in [0.2, 0.25) is 5.02 Å². The van der Waals surface area contributed by atoms with Crippen LogP contribution in [0.5, 0.6) is 5.75 Å². The number of fused-ring (bicyclic) bond motifs is 1. The number of rotatable bonds is 4. The van der Waals surface area contributed by atoms with Gasteiger partial charge in [-0.3, -0.25) is 14.9 Å². The second-order valence-corrected chi connectivity index (χ2v) is 6.31. The number of nitro benzene ring substituents is 1. The molecule has 0 aliphatic carbocycles. The molecule has 11 heteroatoms. The molecule has 1 unspecified atom stereocenters. The smallest absolute Gasteiger partial charge is 0.344 e. The Bertz CT molecular complexity index is 1080. The van der Waals surface area contributed by atoms with Gasteiger partial charge in [0, 0.05) is 0 Å². The molecule has 0 N–H and O–H groups in total. The van der Waals surface area contributed by atoms with Gasteiger partial charge in [0.15, 0.2) is 0 Å². The molecule has 0 saturated heterocycles. The third kappa shape index (κ3) is 3.35. The number of nitrogens with zero attached hydrogens (tertiary/aromatic N) is 4. The van der Waals surface area contributed by atoms with Crippen molar-refractivity contribution in [2.45, 2.75) is 6.92 Å². The predicted molar refractivity (Wildman–Crippen MR) is 90.8 cm³/mol. The molecular weight excluding hydrogens is 372 g/mol. The van der Waals surface area contributed by atoms with Crippen molar-refractivity contribution in [3.05, 3.63) is 67.5 Å². The minimum Gasteiger partial charge on any atom is -0.383 e. The zero-order valence-corrected chi connectivity index (χ0v) is 14.2. The topological polar surface area (TPSA) is 117 Å². The molecule has 1 aromatic heterocycles. The largest absolute Gasteiger partial charge is 0.383 e. The molecule has 0 radical (unpaired) electrons. The van der Waals surface area contributed by atoms with Gasteiger partial charge in [-0.05, 0) is 36.4 Å². The van der Waals surface area contributed by atoms with Crippen LogP contribution >= 0.6 is 11.6 Å². The lowest BCUT2D eigenvalue weighted by molar-refractivity contribution is -0.384. The van der Waals surface area contributed by atoms with Crippen LogP contribution in [0.15, 0.2) is 41.2 Å². The molecule has 3 aromatic rings. The van der Waals surface area contributed by atoms with E-state index in [1.165, 1.54) is 12.1 Å². The molecule has 0 bridgehead atoms. The van der Waals surface area contributed by atoms with E-state index in [1.54, 1.807) is 25.1 Å². The summed E-state index contributed by atoms with van der Waals surface area (Å²) in [6, 6.07) is 8.50. The van der Waals surface area contributed by atoms with Crippen molar-refractivity contribution in [2.24, 2.45) is 0 Å². The van der Waals surface area contributed by atoms with E-state index in [9.17, 15) is 19.1 Å². The SMILES string of the molecule is Cc1ccc2nnn(S(=O)Oc3ccc(Cl)c([N+](=O)[O-])c3)c(=O)c2c1. The fourth-order valence-electron chi connectivity index (χ4n) is 2.04. The lowest BCUT2D eigenvalue weighted by Crippen LogP contribution is -2.29. The number of benzene rings is 2. The molecule has 0 aliphatic heterocycles. The van der Waals surface area contributed by atoms with Crippen molar-refractivity contribution in [1.82, 2.24) is 14.4 Å². The molecule has 128 valence electrons. The number of nitro groups is 1. The second kappa shape index (κ2) is 6.57. The molecule has 0 fully saturated rings. The summed E-state index contributed by atoms with van der Waals surface area (Å²) in [5.74, 6) is -0.104. The van der Waals surface area contributed by atoms with Crippen LogP contribution < -0.4 is 9.74 Å². The van der Waals surface area contributed by atoms with E-state index >= 15 is 0 Å². The Kier molecular flexibility index (Phi) is 4.47. The Balaban J connectivity index is 1.98. The molecule has 0 saturated carbocycles. The Labute approximate surface area is 147 Å². The summed E-state index contributed by atoms with van der Waals surface area (Å²) in [5, 5.41) is 18.4. The fourth-order valence-corrected chi connectivity index (χ4v) is 2.90. The van der Waals surface area contributed by atoms with Crippen molar-refractivity contribution in [3.8, 4) is 5.75 Å². The van der Waals surface area contributed by atoms with E-state index in [4.69, 9.17) is 15.8 Å². The van der Waals surface area contributed by atoms with Gasteiger partial charge in [0.05, 0.1) is 16.4 Å². The maximum Gasteiger partial charge on any atom is 0.344 e. The zero-order valence-electron chi connectivity index (χ0n) is 12.6. The molecule has 1 atom stereocenters. The van der Waals surface area contributed by atoms with Crippen LogP contribution in [-0.2, 0) is 11.3 Å². The van der Waals surface area contributed by atoms with Crippen molar-refractivity contribution in [2.75, 3.05) is 0 Å². The maximum atomic E-state index is 12.4. The van der Waals surface area contributed by atoms with Gasteiger partial charge in [0.1, 0.15) is 16.3 Å². The number of aromatic nitrogens is 3. The monoisotopic (exact) mass is 380 g/mol. The second-order valence-electron chi connectivity index (χ2n) is 4.96. The van der Waals surface area contributed by atoms with Crippen LogP contribution in [0.3, 0.4) is 0 Å². The quantitative estimate of drug-likeness (QED) is 0.502. The molecule has 25 heavy (non-hydrogen) atoms. The number of hydrogen-bond donors (Lipinski definition) is 0. The Morgan fingerprint density at radius 2 is 2.04 bits per heavy atom. The van der Waals surface area contributed by atoms with E-state index in [0.717, 1.165) is 11.6 Å². The van der Waals surface area contributed by atoms with Crippen molar-refractivity contribution >= 4 is 39.5 Å². The van der Waals surface area contributed by atoms with Crippen molar-refractivity contribution < 1.29 is 13.3 Å². The third-order valence-corrected chi connectivity index (χ3v) is 4.39. The van der Waals surface area contributed by atoms with Gasteiger partial charge in [-0.15, -0.1) is 5.10 Å². The fraction of sp³-hybridized carbons (Fsp3) is 0.0714. The first-order valence-electron chi connectivity index (χ1n) is 6.78. The number of hydrogen-bond acceptors (Lipinski definition) is 7. The van der Waals surface area contributed by atoms with E-state index in [0.29, 0.717) is 9.60 Å². The van der Waals surface area contributed by atoms with Crippen LogP contribution in [0.4, 0.5) is 5.69 Å². The molecule has 1 heterocycles. The van der Waals surface area contributed by atoms with Crippen molar-refractivity contribution in [3.63, 3.8) is 0 Å². The van der Waals surface area contributed by atoms with Gasteiger partial charge in [0.25, 0.3) is 11.2 Å². The first-order chi connectivity index (χ1) is 11.9. The van der Waals surface area contributed by atoms with E-state index in [1.807, 2.05) is 0 Å². The lowest BCUT2D eigenvalue weighted by Gasteiger charge is -2.06. The summed E-state index contributed by atoms with van der Waals surface area (Å²) >= 11 is 3.33. The summed E-state index contributed by atoms with van der Waals surface area (Å²) in [4.78, 5) is 22.6. The van der Waals surface area contributed by atoms with Crippen LogP contribution in [0, 0.1) is 17.0 Å². The highest BCUT2D eigenvalue weighted by molar-refractivity contribution is 7.78. The summed E-state index contributed by atoms with van der Waals surface area (Å²) in [6.07, 6.45) is 0. The summed E-state index contributed by atoms with van der Waals surface area (Å²) in [6.45, 7) is 1.80. The molecule has 2 aromatic carbocycles.